The largest absolute Gasteiger partial charge is 0.444 e. The number of methoxy groups -OCH3 is 3. The Morgan fingerprint density at radius 1 is 1.07 bits per heavy atom. The Kier molecular flexibility index (Phi) is 8.88. The van der Waals surface area contributed by atoms with Gasteiger partial charge in [0.2, 0.25) is 0 Å². The zero-order valence-electron chi connectivity index (χ0n) is 18.7. The zero-order chi connectivity index (χ0) is 22.1. The molecule has 1 aromatic carbocycles. The second-order valence-electron chi connectivity index (χ2n) is 7.81. The van der Waals surface area contributed by atoms with E-state index in [0.717, 1.165) is 42.8 Å². The van der Waals surface area contributed by atoms with E-state index in [2.05, 4.69) is 24.1 Å². The highest BCUT2D eigenvalue weighted by molar-refractivity contribution is 5.77. The quantitative estimate of drug-likeness (QED) is 0.691. The summed E-state index contributed by atoms with van der Waals surface area (Å²) in [5.74, 6) is 0. The minimum Gasteiger partial charge on any atom is -0.444 e. The highest BCUT2D eigenvalue weighted by atomic mass is 16.8. The molecule has 1 aliphatic rings. The lowest BCUT2D eigenvalue weighted by Gasteiger charge is -2.26. The third-order valence-electron chi connectivity index (χ3n) is 4.40. The number of fused-ring (bicyclic) bond motifs is 1. The van der Waals surface area contributed by atoms with Gasteiger partial charge in [0.05, 0.1) is 0 Å². The van der Waals surface area contributed by atoms with E-state index < -0.39 is 12.1 Å². The standard InChI is InChI=1S/C17H23N3O3.C4H10O3/c1-17(2,3)23-16(21)20-8-4-7-19(9-10-20)13-5-6-14-15(11-13)22-12-18-14;1-5-4(6-2)7-3/h5-6,11-12H,4,7-10H2,1-3H3;4H,1-3H3. The molecule has 3 rings (SSSR count). The summed E-state index contributed by atoms with van der Waals surface area (Å²) in [4.78, 5) is 20.4. The molecule has 0 aliphatic carbocycles. The molecule has 1 fully saturated rings. The van der Waals surface area contributed by atoms with Crippen LogP contribution in [0.3, 0.4) is 0 Å². The molecule has 1 saturated heterocycles. The van der Waals surface area contributed by atoms with Crippen LogP contribution in [-0.4, -0.2) is 75.6 Å². The summed E-state index contributed by atoms with van der Waals surface area (Å²) in [7, 11) is 4.53. The summed E-state index contributed by atoms with van der Waals surface area (Å²) in [5, 5.41) is 0. The van der Waals surface area contributed by atoms with Gasteiger partial charge in [0, 0.05) is 59.3 Å². The van der Waals surface area contributed by atoms with Crippen molar-refractivity contribution in [2.45, 2.75) is 39.3 Å². The van der Waals surface area contributed by atoms with E-state index >= 15 is 0 Å². The first-order valence-corrected chi connectivity index (χ1v) is 9.92. The highest BCUT2D eigenvalue weighted by Gasteiger charge is 2.24. The summed E-state index contributed by atoms with van der Waals surface area (Å²) in [6.07, 6.45) is 2.14. The van der Waals surface area contributed by atoms with Gasteiger partial charge in [-0.1, -0.05) is 0 Å². The summed E-state index contributed by atoms with van der Waals surface area (Å²) < 4.78 is 24.7. The van der Waals surface area contributed by atoms with Crippen molar-refractivity contribution in [2.24, 2.45) is 0 Å². The molecule has 1 aliphatic heterocycles. The Hall–Kier alpha value is -2.36. The first kappa shape index (κ1) is 23.9. The first-order chi connectivity index (χ1) is 14.3. The van der Waals surface area contributed by atoms with Crippen LogP contribution in [0.1, 0.15) is 27.2 Å². The summed E-state index contributed by atoms with van der Waals surface area (Å²) in [5.41, 5.74) is 2.29. The number of carbonyl (C=O) groups excluding carboxylic acids is 1. The minimum atomic E-state index is -0.514. The van der Waals surface area contributed by atoms with Crippen LogP contribution in [0.25, 0.3) is 11.1 Å². The van der Waals surface area contributed by atoms with Gasteiger partial charge in [0.15, 0.2) is 12.0 Å². The predicted octanol–water partition coefficient (Wildman–Crippen LogP) is 3.48. The lowest BCUT2D eigenvalue weighted by molar-refractivity contribution is -0.252. The molecule has 0 N–H and O–H groups in total. The van der Waals surface area contributed by atoms with Crippen LogP contribution in [0.15, 0.2) is 29.0 Å². The maximum Gasteiger partial charge on any atom is 0.410 e. The molecule has 30 heavy (non-hydrogen) atoms. The number of oxazole rings is 1. The fourth-order valence-electron chi connectivity index (χ4n) is 3.01. The summed E-state index contributed by atoms with van der Waals surface area (Å²) in [6, 6.07) is 6.02. The van der Waals surface area contributed by atoms with E-state index in [1.165, 1.54) is 27.7 Å². The van der Waals surface area contributed by atoms with Crippen LogP contribution in [0, 0.1) is 0 Å². The van der Waals surface area contributed by atoms with Crippen molar-refractivity contribution >= 4 is 22.9 Å². The van der Waals surface area contributed by atoms with Crippen molar-refractivity contribution in [1.29, 1.82) is 0 Å². The SMILES string of the molecule is CC(C)(C)OC(=O)N1CCCN(c2ccc3ncoc3c2)CC1.COC(OC)OC. The Balaban J connectivity index is 0.000000396. The van der Waals surface area contributed by atoms with Crippen LogP contribution < -0.4 is 4.90 Å². The van der Waals surface area contributed by atoms with Crippen LogP contribution in [0.2, 0.25) is 0 Å². The van der Waals surface area contributed by atoms with Gasteiger partial charge >= 0.3 is 6.09 Å². The molecule has 168 valence electrons. The normalized spacial score (nSPS) is 15.0. The number of aromatic nitrogens is 1. The average molecular weight is 424 g/mol. The fourth-order valence-corrected chi connectivity index (χ4v) is 3.01. The smallest absolute Gasteiger partial charge is 0.410 e. The predicted molar refractivity (Wildman–Crippen MR) is 113 cm³/mol. The molecule has 0 bridgehead atoms. The highest BCUT2D eigenvalue weighted by Crippen LogP contribution is 2.23. The summed E-state index contributed by atoms with van der Waals surface area (Å²) >= 11 is 0. The van der Waals surface area contributed by atoms with Gasteiger partial charge in [-0.3, -0.25) is 0 Å². The molecular weight excluding hydrogens is 390 g/mol. The Morgan fingerprint density at radius 2 is 1.77 bits per heavy atom. The average Bonchev–Trinajstić information content (AvgIpc) is 3.03. The topological polar surface area (TPSA) is 86.5 Å². The van der Waals surface area contributed by atoms with Crippen molar-refractivity contribution in [1.82, 2.24) is 9.88 Å². The van der Waals surface area contributed by atoms with Gasteiger partial charge in [-0.25, -0.2) is 9.78 Å². The first-order valence-electron chi connectivity index (χ1n) is 9.92. The van der Waals surface area contributed by atoms with E-state index in [4.69, 9.17) is 9.15 Å². The number of nitrogens with zero attached hydrogens (tertiary/aromatic N) is 3. The van der Waals surface area contributed by atoms with Crippen molar-refractivity contribution in [2.75, 3.05) is 52.4 Å². The van der Waals surface area contributed by atoms with Gasteiger partial charge in [0.25, 0.3) is 6.48 Å². The van der Waals surface area contributed by atoms with E-state index in [-0.39, 0.29) is 6.09 Å². The molecular formula is C21H33N3O6. The molecule has 2 heterocycles. The Morgan fingerprint density at radius 3 is 2.37 bits per heavy atom. The van der Waals surface area contributed by atoms with Crippen molar-refractivity contribution in [3.05, 3.63) is 24.6 Å². The lowest BCUT2D eigenvalue weighted by Crippen LogP contribution is -2.39. The maximum atomic E-state index is 12.2. The number of benzene rings is 1. The van der Waals surface area contributed by atoms with Gasteiger partial charge in [-0.2, -0.15) is 0 Å². The number of anilines is 1. The molecule has 0 atom stereocenters. The van der Waals surface area contributed by atoms with Crippen LogP contribution in [0.4, 0.5) is 10.5 Å². The lowest BCUT2D eigenvalue weighted by atomic mass is 10.2. The van der Waals surface area contributed by atoms with E-state index in [1.54, 1.807) is 4.90 Å². The van der Waals surface area contributed by atoms with E-state index in [9.17, 15) is 4.79 Å². The van der Waals surface area contributed by atoms with Crippen LogP contribution in [0.5, 0.6) is 0 Å². The second-order valence-corrected chi connectivity index (χ2v) is 7.81. The Labute approximate surface area is 177 Å². The maximum absolute atomic E-state index is 12.2. The number of rotatable bonds is 4. The monoisotopic (exact) mass is 423 g/mol. The van der Waals surface area contributed by atoms with Crippen LogP contribution >= 0.6 is 0 Å². The molecule has 0 spiro atoms. The van der Waals surface area contributed by atoms with E-state index in [0.29, 0.717) is 6.54 Å². The second kappa shape index (κ2) is 11.1. The van der Waals surface area contributed by atoms with Crippen molar-refractivity contribution in [3.8, 4) is 0 Å². The molecule has 0 saturated carbocycles. The van der Waals surface area contributed by atoms with Gasteiger partial charge in [-0.05, 0) is 39.3 Å². The summed E-state index contributed by atoms with van der Waals surface area (Å²) in [6.45, 7) is 8.21. The van der Waals surface area contributed by atoms with Crippen molar-refractivity contribution < 1.29 is 28.2 Å². The van der Waals surface area contributed by atoms with Crippen LogP contribution in [-0.2, 0) is 18.9 Å². The zero-order valence-corrected chi connectivity index (χ0v) is 18.7. The van der Waals surface area contributed by atoms with E-state index in [1.807, 2.05) is 39.0 Å². The fraction of sp³-hybridized carbons (Fsp3) is 0.619. The third kappa shape index (κ3) is 7.16. The molecule has 9 nitrogen and oxygen atoms in total. The molecule has 2 aromatic rings. The number of carbonyl (C=O) groups is 1. The third-order valence-corrected chi connectivity index (χ3v) is 4.40. The van der Waals surface area contributed by atoms with Gasteiger partial charge < -0.3 is 33.2 Å². The number of ether oxygens (including phenoxy) is 4. The number of amides is 1. The molecule has 1 amide bonds. The number of hydrogen-bond acceptors (Lipinski definition) is 8. The minimum absolute atomic E-state index is 0.231. The molecule has 1 aromatic heterocycles. The number of hydrogen-bond donors (Lipinski definition) is 0. The molecule has 0 unspecified atom stereocenters. The molecule has 0 radical (unpaired) electrons. The molecule has 9 heteroatoms. The van der Waals surface area contributed by atoms with Gasteiger partial charge in [0.1, 0.15) is 11.1 Å². The van der Waals surface area contributed by atoms with Gasteiger partial charge in [-0.15, -0.1) is 0 Å². The Bertz CT molecular complexity index is 779. The van der Waals surface area contributed by atoms with Crippen molar-refractivity contribution in [3.63, 3.8) is 0 Å².